The number of hydrogen-bond acceptors (Lipinski definition) is 4. The minimum absolute atomic E-state index is 0.0730. The normalized spacial score (nSPS) is 17.5. The SMILES string of the molecule is C=C(C)COC1=CC(C)C(=C)C=C1Oc1cc(N2C(=C)C=C(C(F)(F)F)N(C)C2=O)c(F)cc1C#N.CC. The van der Waals surface area contributed by atoms with Crippen LogP contribution in [0.2, 0.25) is 0 Å². The molecule has 0 aromatic heterocycles. The Morgan fingerprint density at radius 2 is 1.82 bits per heavy atom. The van der Waals surface area contributed by atoms with Crippen LogP contribution in [0, 0.1) is 23.1 Å². The standard InChI is InChI=1S/C26H23F4N3O3.C2H6/c1-14(2)13-35-22-7-15(3)16(4)8-23(22)36-21-11-20(19(27)10-18(21)12-31)33-17(5)9-24(26(28,29)30)32(6)25(33)34;1-2/h7-11,15H,1,4-5,13H2,2-3,6H3;1-2H3. The number of nitriles is 1. The number of hydrogen-bond donors (Lipinski definition) is 0. The van der Waals surface area contributed by atoms with Crippen molar-refractivity contribution in [2.45, 2.75) is 33.9 Å². The van der Waals surface area contributed by atoms with Crippen LogP contribution in [0.4, 0.5) is 28.0 Å². The monoisotopic (exact) mass is 531 g/mol. The number of carbonyl (C=O) groups excluding carboxylic acids is 1. The zero-order valence-electron chi connectivity index (χ0n) is 21.9. The zero-order valence-corrected chi connectivity index (χ0v) is 21.9. The molecule has 1 aromatic rings. The highest BCUT2D eigenvalue weighted by Gasteiger charge is 2.43. The van der Waals surface area contributed by atoms with Crippen LogP contribution in [0.15, 0.2) is 84.2 Å². The van der Waals surface area contributed by atoms with Crippen LogP contribution in [-0.4, -0.2) is 30.8 Å². The number of halogens is 4. The Balaban J connectivity index is 0.00000247. The molecule has 0 N–H and O–H groups in total. The molecule has 0 radical (unpaired) electrons. The summed E-state index contributed by atoms with van der Waals surface area (Å²) in [6, 6.07) is 2.50. The predicted molar refractivity (Wildman–Crippen MR) is 137 cm³/mol. The average molecular weight is 532 g/mol. The van der Waals surface area contributed by atoms with Crippen molar-refractivity contribution in [3.8, 4) is 11.8 Å². The summed E-state index contributed by atoms with van der Waals surface area (Å²) in [6.45, 7) is 19.1. The Hall–Kier alpha value is -4.26. The first-order valence-corrected chi connectivity index (χ1v) is 11.6. The molecule has 202 valence electrons. The Bertz CT molecular complexity index is 1300. The van der Waals surface area contributed by atoms with E-state index < -0.39 is 35.1 Å². The van der Waals surface area contributed by atoms with Crippen molar-refractivity contribution < 1.29 is 31.8 Å². The summed E-state index contributed by atoms with van der Waals surface area (Å²) in [4.78, 5) is 13.8. The number of carbonyl (C=O) groups is 1. The third kappa shape index (κ3) is 6.35. The fourth-order valence-corrected chi connectivity index (χ4v) is 3.42. The van der Waals surface area contributed by atoms with Crippen molar-refractivity contribution in [2.24, 2.45) is 5.92 Å². The molecule has 1 aliphatic heterocycles. The van der Waals surface area contributed by atoms with E-state index in [-0.39, 0.29) is 29.6 Å². The Morgan fingerprint density at radius 1 is 1.18 bits per heavy atom. The zero-order chi connectivity index (χ0) is 28.9. The van der Waals surface area contributed by atoms with Gasteiger partial charge in [-0.1, -0.05) is 40.5 Å². The Labute approximate surface area is 219 Å². The van der Waals surface area contributed by atoms with E-state index in [4.69, 9.17) is 9.47 Å². The van der Waals surface area contributed by atoms with Gasteiger partial charge in [0.25, 0.3) is 0 Å². The molecule has 0 saturated heterocycles. The van der Waals surface area contributed by atoms with Crippen LogP contribution >= 0.6 is 0 Å². The molecular weight excluding hydrogens is 502 g/mol. The van der Waals surface area contributed by atoms with Crippen LogP contribution < -0.4 is 9.64 Å². The molecule has 2 amide bonds. The third-order valence-electron chi connectivity index (χ3n) is 5.37. The lowest BCUT2D eigenvalue weighted by Gasteiger charge is -2.35. The molecule has 0 fully saturated rings. The van der Waals surface area contributed by atoms with Crippen molar-refractivity contribution in [2.75, 3.05) is 18.6 Å². The van der Waals surface area contributed by atoms with Crippen LogP contribution in [0.3, 0.4) is 0 Å². The maximum atomic E-state index is 15.0. The van der Waals surface area contributed by atoms with Gasteiger partial charge in [0.15, 0.2) is 11.5 Å². The number of rotatable bonds is 6. The van der Waals surface area contributed by atoms with E-state index >= 15 is 4.39 Å². The van der Waals surface area contributed by atoms with E-state index in [1.165, 1.54) is 0 Å². The Morgan fingerprint density at radius 3 is 2.37 bits per heavy atom. The van der Waals surface area contributed by atoms with E-state index in [1.54, 1.807) is 19.1 Å². The number of amides is 2. The number of benzene rings is 1. The number of allylic oxidation sites excluding steroid dienone is 5. The highest BCUT2D eigenvalue weighted by Crippen LogP contribution is 2.39. The lowest BCUT2D eigenvalue weighted by molar-refractivity contribution is -0.106. The summed E-state index contributed by atoms with van der Waals surface area (Å²) < 4.78 is 66.5. The molecular formula is C28H29F4N3O3. The maximum Gasteiger partial charge on any atom is 0.431 e. The first-order chi connectivity index (χ1) is 17.7. The van der Waals surface area contributed by atoms with Crippen molar-refractivity contribution in [1.82, 2.24) is 4.90 Å². The summed E-state index contributed by atoms with van der Waals surface area (Å²) >= 11 is 0. The number of ether oxygens (including phenoxy) is 2. The van der Waals surface area contributed by atoms with Crippen LogP contribution in [0.1, 0.15) is 33.3 Å². The van der Waals surface area contributed by atoms with Gasteiger partial charge in [0.05, 0.1) is 11.3 Å². The lowest BCUT2D eigenvalue weighted by atomic mass is 9.96. The van der Waals surface area contributed by atoms with Crippen molar-refractivity contribution in [1.29, 1.82) is 5.26 Å². The second-order valence-electron chi connectivity index (χ2n) is 8.36. The first-order valence-electron chi connectivity index (χ1n) is 11.6. The first kappa shape index (κ1) is 30.0. The summed E-state index contributed by atoms with van der Waals surface area (Å²) in [6.07, 6.45) is -0.845. The van der Waals surface area contributed by atoms with Crippen molar-refractivity contribution in [3.05, 3.63) is 95.5 Å². The van der Waals surface area contributed by atoms with Crippen LogP contribution in [0.25, 0.3) is 0 Å². The molecule has 0 bridgehead atoms. The molecule has 1 unspecified atom stereocenters. The van der Waals surface area contributed by atoms with Gasteiger partial charge >= 0.3 is 12.2 Å². The van der Waals surface area contributed by atoms with E-state index in [0.29, 0.717) is 27.2 Å². The summed E-state index contributed by atoms with van der Waals surface area (Å²) in [5, 5.41) is 9.55. The molecule has 1 aliphatic carbocycles. The highest BCUT2D eigenvalue weighted by atomic mass is 19.4. The predicted octanol–water partition coefficient (Wildman–Crippen LogP) is 7.50. The summed E-state index contributed by atoms with van der Waals surface area (Å²) in [7, 11) is 0.912. The molecule has 2 aliphatic rings. The molecule has 3 rings (SSSR count). The van der Waals surface area contributed by atoms with E-state index in [0.717, 1.165) is 24.8 Å². The number of alkyl halides is 3. The third-order valence-corrected chi connectivity index (χ3v) is 5.37. The van der Waals surface area contributed by atoms with Gasteiger partial charge in [-0.3, -0.25) is 9.80 Å². The fourth-order valence-electron chi connectivity index (χ4n) is 3.42. The van der Waals surface area contributed by atoms with Gasteiger partial charge in [-0.05, 0) is 42.4 Å². The minimum Gasteiger partial charge on any atom is -0.486 e. The maximum absolute atomic E-state index is 15.0. The number of nitrogens with zero attached hydrogens (tertiary/aromatic N) is 3. The second-order valence-corrected chi connectivity index (χ2v) is 8.36. The molecule has 38 heavy (non-hydrogen) atoms. The largest absolute Gasteiger partial charge is 0.486 e. The smallest absolute Gasteiger partial charge is 0.431 e. The summed E-state index contributed by atoms with van der Waals surface area (Å²) in [5.74, 6) is -0.745. The topological polar surface area (TPSA) is 65.8 Å². The fraction of sp³-hybridized carbons (Fsp3) is 0.286. The van der Waals surface area contributed by atoms with E-state index in [1.807, 2.05) is 26.8 Å². The molecule has 0 spiro atoms. The molecule has 10 heteroatoms. The van der Waals surface area contributed by atoms with Gasteiger partial charge in [-0.15, -0.1) is 0 Å². The van der Waals surface area contributed by atoms with Gasteiger partial charge in [0.2, 0.25) is 0 Å². The highest BCUT2D eigenvalue weighted by molar-refractivity contribution is 5.98. The van der Waals surface area contributed by atoms with Crippen LogP contribution in [0.5, 0.6) is 5.75 Å². The van der Waals surface area contributed by atoms with Crippen molar-refractivity contribution in [3.63, 3.8) is 0 Å². The van der Waals surface area contributed by atoms with Gasteiger partial charge in [-0.2, -0.15) is 18.4 Å². The molecule has 1 atom stereocenters. The van der Waals surface area contributed by atoms with Gasteiger partial charge in [0.1, 0.15) is 29.9 Å². The van der Waals surface area contributed by atoms with Crippen molar-refractivity contribution >= 4 is 11.7 Å². The number of urea groups is 1. The molecule has 1 heterocycles. The average Bonchev–Trinajstić information content (AvgIpc) is 2.84. The minimum atomic E-state index is -4.82. The van der Waals surface area contributed by atoms with Gasteiger partial charge in [-0.25, -0.2) is 9.18 Å². The van der Waals surface area contributed by atoms with Gasteiger partial charge < -0.3 is 9.47 Å². The molecule has 1 aromatic carbocycles. The number of anilines is 1. The second kappa shape index (κ2) is 11.9. The molecule has 6 nitrogen and oxygen atoms in total. The Kier molecular flexibility index (Phi) is 9.35. The van der Waals surface area contributed by atoms with E-state index in [2.05, 4.69) is 19.7 Å². The molecule has 0 saturated carbocycles. The van der Waals surface area contributed by atoms with Gasteiger partial charge in [0, 0.05) is 24.7 Å². The van der Waals surface area contributed by atoms with Crippen LogP contribution in [-0.2, 0) is 4.74 Å². The summed E-state index contributed by atoms with van der Waals surface area (Å²) in [5.41, 5.74) is -0.893. The lowest BCUT2D eigenvalue weighted by Crippen LogP contribution is -2.46. The quantitative estimate of drug-likeness (QED) is 0.282. The van der Waals surface area contributed by atoms with E-state index in [9.17, 15) is 23.2 Å².